The summed E-state index contributed by atoms with van der Waals surface area (Å²) < 4.78 is 5.33. The van der Waals surface area contributed by atoms with E-state index in [1.165, 1.54) is 30.4 Å². The number of ether oxygens (including phenoxy) is 1. The van der Waals surface area contributed by atoms with Crippen molar-refractivity contribution in [2.45, 2.75) is 37.5 Å². The molecular formula is C15H17NO. The molecule has 0 bridgehead atoms. The van der Waals surface area contributed by atoms with Gasteiger partial charge in [0.25, 0.3) is 0 Å². The number of rotatable bonds is 1. The third kappa shape index (κ3) is 1.38. The Kier molecular flexibility index (Phi) is 2.36. The van der Waals surface area contributed by atoms with Gasteiger partial charge in [0.05, 0.1) is 19.1 Å². The van der Waals surface area contributed by atoms with Gasteiger partial charge in [-0.3, -0.25) is 0 Å². The van der Waals surface area contributed by atoms with Gasteiger partial charge in [-0.1, -0.05) is 6.07 Å². The predicted molar refractivity (Wildman–Crippen MR) is 65.9 cm³/mol. The minimum atomic E-state index is 0.150. The van der Waals surface area contributed by atoms with Crippen LogP contribution in [0.3, 0.4) is 0 Å². The Morgan fingerprint density at radius 3 is 2.94 bits per heavy atom. The van der Waals surface area contributed by atoms with Crippen molar-refractivity contribution in [2.24, 2.45) is 5.92 Å². The Morgan fingerprint density at radius 1 is 1.41 bits per heavy atom. The summed E-state index contributed by atoms with van der Waals surface area (Å²) in [5.74, 6) is 1.14. The van der Waals surface area contributed by atoms with Crippen LogP contribution in [0.4, 0.5) is 0 Å². The second kappa shape index (κ2) is 3.77. The Bertz CT molecular complexity index is 488. The summed E-state index contributed by atoms with van der Waals surface area (Å²) >= 11 is 0. The van der Waals surface area contributed by atoms with Gasteiger partial charge in [0.1, 0.15) is 5.75 Å². The highest BCUT2D eigenvalue weighted by Gasteiger charge is 2.50. The molecule has 1 spiro atoms. The summed E-state index contributed by atoms with van der Waals surface area (Å²) in [5.41, 5.74) is 2.97. The molecule has 17 heavy (non-hydrogen) atoms. The van der Waals surface area contributed by atoms with E-state index < -0.39 is 0 Å². The van der Waals surface area contributed by atoms with Crippen LogP contribution in [0, 0.1) is 17.2 Å². The maximum Gasteiger partial charge on any atom is 0.119 e. The fourth-order valence-corrected chi connectivity index (χ4v) is 3.54. The molecule has 0 aromatic heterocycles. The first-order valence-electron chi connectivity index (χ1n) is 6.37. The second-order valence-corrected chi connectivity index (χ2v) is 5.25. The Hall–Kier alpha value is -1.49. The van der Waals surface area contributed by atoms with Crippen LogP contribution in [0.25, 0.3) is 0 Å². The molecule has 2 heteroatoms. The fraction of sp³-hybridized carbons (Fsp3) is 0.533. The summed E-state index contributed by atoms with van der Waals surface area (Å²) in [6.45, 7) is 0. The van der Waals surface area contributed by atoms with Gasteiger partial charge in [0, 0.05) is 5.41 Å². The predicted octanol–water partition coefficient (Wildman–Crippen LogP) is 3.20. The summed E-state index contributed by atoms with van der Waals surface area (Å²) in [6, 6.07) is 8.89. The topological polar surface area (TPSA) is 33.0 Å². The van der Waals surface area contributed by atoms with E-state index in [4.69, 9.17) is 4.74 Å². The number of nitriles is 1. The second-order valence-electron chi connectivity index (χ2n) is 5.25. The van der Waals surface area contributed by atoms with Gasteiger partial charge in [0.2, 0.25) is 0 Å². The van der Waals surface area contributed by atoms with Crippen LogP contribution in [-0.2, 0) is 11.8 Å². The molecular weight excluding hydrogens is 210 g/mol. The number of hydrogen-bond acceptors (Lipinski definition) is 2. The molecule has 1 aromatic rings. The van der Waals surface area contributed by atoms with Crippen LogP contribution in [-0.4, -0.2) is 7.11 Å². The Balaban J connectivity index is 2.10. The quantitative estimate of drug-likeness (QED) is 0.738. The van der Waals surface area contributed by atoms with Gasteiger partial charge in [0.15, 0.2) is 0 Å². The van der Waals surface area contributed by atoms with Crippen molar-refractivity contribution >= 4 is 0 Å². The van der Waals surface area contributed by atoms with E-state index in [1.54, 1.807) is 7.11 Å². The van der Waals surface area contributed by atoms with Crippen molar-refractivity contribution in [3.8, 4) is 11.8 Å². The van der Waals surface area contributed by atoms with Gasteiger partial charge < -0.3 is 4.74 Å². The minimum Gasteiger partial charge on any atom is -0.497 e. The molecule has 1 aromatic carbocycles. The zero-order valence-electron chi connectivity index (χ0n) is 10.2. The van der Waals surface area contributed by atoms with Crippen molar-refractivity contribution in [1.82, 2.24) is 0 Å². The third-order valence-electron chi connectivity index (χ3n) is 4.62. The monoisotopic (exact) mass is 227 g/mol. The molecule has 2 aliphatic rings. The van der Waals surface area contributed by atoms with Crippen LogP contribution < -0.4 is 4.74 Å². The molecule has 2 nitrogen and oxygen atoms in total. The van der Waals surface area contributed by atoms with Gasteiger partial charge in [-0.25, -0.2) is 0 Å². The largest absolute Gasteiger partial charge is 0.497 e. The zero-order chi connectivity index (χ0) is 11.9. The highest BCUT2D eigenvalue weighted by Crippen LogP contribution is 2.55. The first-order valence-corrected chi connectivity index (χ1v) is 6.37. The first-order chi connectivity index (χ1) is 8.30. The number of hydrogen-bond donors (Lipinski definition) is 0. The van der Waals surface area contributed by atoms with Crippen LogP contribution in [0.5, 0.6) is 5.75 Å². The molecule has 0 aliphatic heterocycles. The van der Waals surface area contributed by atoms with E-state index in [1.807, 2.05) is 6.07 Å². The summed E-state index contributed by atoms with van der Waals surface area (Å²) in [4.78, 5) is 0. The molecule has 0 saturated heterocycles. The lowest BCUT2D eigenvalue weighted by molar-refractivity contribution is 0.143. The van der Waals surface area contributed by atoms with Crippen LogP contribution in [0.1, 0.15) is 36.8 Å². The molecule has 1 saturated carbocycles. The number of methoxy groups -OCH3 is 1. The van der Waals surface area contributed by atoms with Crippen molar-refractivity contribution in [3.05, 3.63) is 29.3 Å². The van der Waals surface area contributed by atoms with Crippen LogP contribution in [0.2, 0.25) is 0 Å². The molecule has 1 fully saturated rings. The number of benzene rings is 1. The van der Waals surface area contributed by atoms with E-state index in [2.05, 4.69) is 18.2 Å². The summed E-state index contributed by atoms with van der Waals surface area (Å²) in [6.07, 6.45) is 5.78. The molecule has 0 radical (unpaired) electrons. The van der Waals surface area contributed by atoms with Gasteiger partial charge in [-0.2, -0.15) is 5.26 Å². The molecule has 88 valence electrons. The Morgan fingerprint density at radius 2 is 2.29 bits per heavy atom. The van der Waals surface area contributed by atoms with Crippen molar-refractivity contribution in [3.63, 3.8) is 0 Å². The molecule has 2 aliphatic carbocycles. The average molecular weight is 227 g/mol. The first kappa shape index (κ1) is 10.7. The average Bonchev–Trinajstić information content (AvgIpc) is 2.36. The maximum atomic E-state index is 9.27. The molecule has 0 unspecified atom stereocenters. The number of aryl methyl sites for hydroxylation is 1. The number of nitrogens with zero attached hydrogens (tertiary/aromatic N) is 1. The van der Waals surface area contributed by atoms with Gasteiger partial charge >= 0.3 is 0 Å². The lowest BCUT2D eigenvalue weighted by atomic mass is 9.52. The van der Waals surface area contributed by atoms with E-state index in [0.29, 0.717) is 0 Å². The lowest BCUT2D eigenvalue weighted by Crippen LogP contribution is -2.46. The van der Waals surface area contributed by atoms with Gasteiger partial charge in [-0.15, -0.1) is 0 Å². The fourth-order valence-electron chi connectivity index (χ4n) is 3.54. The van der Waals surface area contributed by atoms with E-state index in [0.717, 1.165) is 18.6 Å². The van der Waals surface area contributed by atoms with E-state index in [-0.39, 0.29) is 11.3 Å². The number of fused-ring (bicyclic) bond motifs is 2. The van der Waals surface area contributed by atoms with Gasteiger partial charge in [-0.05, 0) is 55.4 Å². The van der Waals surface area contributed by atoms with Crippen LogP contribution >= 0.6 is 0 Å². The Labute approximate surface area is 102 Å². The standard InChI is InChI=1S/C15H17NO/c1-17-13-5-4-11-3-2-7-15(14(11)9-13)8-6-12(15)10-16/h4-5,9,12H,2-3,6-8H2,1H3/t12-,15+/m0/s1. The maximum absolute atomic E-state index is 9.27. The normalized spacial score (nSPS) is 30.2. The SMILES string of the molecule is COc1ccc2c(c1)[C@]1(CCC2)CC[C@H]1C#N. The summed E-state index contributed by atoms with van der Waals surface area (Å²) in [5, 5.41) is 9.27. The van der Waals surface area contributed by atoms with Crippen LogP contribution in [0.15, 0.2) is 18.2 Å². The van der Waals surface area contributed by atoms with Crippen molar-refractivity contribution in [1.29, 1.82) is 5.26 Å². The zero-order valence-corrected chi connectivity index (χ0v) is 10.2. The molecule has 2 atom stereocenters. The van der Waals surface area contributed by atoms with E-state index in [9.17, 15) is 5.26 Å². The highest BCUT2D eigenvalue weighted by molar-refractivity contribution is 5.45. The highest BCUT2D eigenvalue weighted by atomic mass is 16.5. The molecule has 0 heterocycles. The lowest BCUT2D eigenvalue weighted by Gasteiger charge is -2.50. The minimum absolute atomic E-state index is 0.150. The summed E-state index contributed by atoms with van der Waals surface area (Å²) in [7, 11) is 1.71. The van der Waals surface area contributed by atoms with Crippen molar-refractivity contribution in [2.75, 3.05) is 7.11 Å². The smallest absolute Gasteiger partial charge is 0.119 e. The molecule has 0 N–H and O–H groups in total. The van der Waals surface area contributed by atoms with Crippen molar-refractivity contribution < 1.29 is 4.74 Å². The molecule has 0 amide bonds. The molecule has 3 rings (SSSR count). The van der Waals surface area contributed by atoms with E-state index >= 15 is 0 Å². The third-order valence-corrected chi connectivity index (χ3v) is 4.62.